The van der Waals surface area contributed by atoms with Crippen molar-refractivity contribution >= 4 is 0 Å². The van der Waals surface area contributed by atoms with Crippen LogP contribution in [-0.2, 0) is 6.42 Å². The monoisotopic (exact) mass is 246 g/mol. The van der Waals surface area contributed by atoms with E-state index in [1.165, 1.54) is 44.1 Å². The van der Waals surface area contributed by atoms with Crippen molar-refractivity contribution in [3.05, 3.63) is 35.9 Å². The zero-order chi connectivity index (χ0) is 13.4. The van der Waals surface area contributed by atoms with Crippen LogP contribution in [-0.4, -0.2) is 0 Å². The molecule has 0 aromatic heterocycles. The van der Waals surface area contributed by atoms with Gasteiger partial charge in [-0.1, -0.05) is 77.3 Å². The summed E-state index contributed by atoms with van der Waals surface area (Å²) in [5.41, 5.74) is 2.00. The first-order valence-electron chi connectivity index (χ1n) is 7.60. The molecule has 0 aliphatic rings. The van der Waals surface area contributed by atoms with E-state index in [0.29, 0.717) is 5.41 Å². The lowest BCUT2D eigenvalue weighted by Gasteiger charge is -2.31. The molecule has 0 saturated carbocycles. The summed E-state index contributed by atoms with van der Waals surface area (Å²) >= 11 is 0. The summed E-state index contributed by atoms with van der Waals surface area (Å²) in [6, 6.07) is 10.9. The fourth-order valence-electron chi connectivity index (χ4n) is 2.53. The van der Waals surface area contributed by atoms with Crippen LogP contribution in [0.1, 0.15) is 65.4 Å². The lowest BCUT2D eigenvalue weighted by atomic mass is 9.75. The first kappa shape index (κ1) is 15.3. The van der Waals surface area contributed by atoms with Gasteiger partial charge in [0.15, 0.2) is 0 Å². The Balaban J connectivity index is 2.16. The second-order valence-corrected chi connectivity index (χ2v) is 6.34. The molecule has 1 atom stereocenters. The van der Waals surface area contributed by atoms with Crippen molar-refractivity contribution in [2.24, 2.45) is 11.3 Å². The third-order valence-electron chi connectivity index (χ3n) is 4.58. The molecule has 0 amide bonds. The summed E-state index contributed by atoms with van der Waals surface area (Å²) < 4.78 is 0. The Kier molecular flexibility index (Phi) is 6.46. The zero-order valence-corrected chi connectivity index (χ0v) is 12.7. The van der Waals surface area contributed by atoms with Crippen LogP contribution in [0.4, 0.5) is 0 Å². The number of aryl methyl sites for hydroxylation is 1. The molecule has 1 aromatic rings. The van der Waals surface area contributed by atoms with Gasteiger partial charge in [0.2, 0.25) is 0 Å². The van der Waals surface area contributed by atoms with Gasteiger partial charge in [-0.3, -0.25) is 0 Å². The minimum Gasteiger partial charge on any atom is -0.0651 e. The Bertz CT molecular complexity index is 310. The summed E-state index contributed by atoms with van der Waals surface area (Å²) in [5.74, 6) is 0.839. The first-order chi connectivity index (χ1) is 8.56. The molecule has 0 saturated heterocycles. The quantitative estimate of drug-likeness (QED) is 0.504. The molecule has 1 aromatic carbocycles. The summed E-state index contributed by atoms with van der Waals surface area (Å²) in [6.45, 7) is 9.56. The van der Waals surface area contributed by atoms with Crippen LogP contribution in [0, 0.1) is 11.3 Å². The maximum Gasteiger partial charge on any atom is -0.0279 e. The average Bonchev–Trinajstić information content (AvgIpc) is 2.38. The molecule has 0 bridgehead atoms. The molecular weight excluding hydrogens is 216 g/mol. The molecule has 0 heterocycles. The van der Waals surface area contributed by atoms with Crippen molar-refractivity contribution in [2.45, 2.75) is 66.2 Å². The highest BCUT2D eigenvalue weighted by atomic mass is 14.3. The van der Waals surface area contributed by atoms with E-state index in [0.717, 1.165) is 5.92 Å². The smallest absolute Gasteiger partial charge is 0.0279 e. The molecule has 0 radical (unpaired) electrons. The fourth-order valence-corrected chi connectivity index (χ4v) is 2.53. The molecular formula is C18H30. The van der Waals surface area contributed by atoms with E-state index in [1.54, 1.807) is 0 Å². The van der Waals surface area contributed by atoms with E-state index in [-0.39, 0.29) is 0 Å². The van der Waals surface area contributed by atoms with Gasteiger partial charge < -0.3 is 0 Å². The highest BCUT2D eigenvalue weighted by molar-refractivity contribution is 5.14. The summed E-state index contributed by atoms with van der Waals surface area (Å²) in [6.07, 6.45) is 8.00. The van der Waals surface area contributed by atoms with Crippen molar-refractivity contribution in [1.29, 1.82) is 0 Å². The highest BCUT2D eigenvalue weighted by Crippen LogP contribution is 2.34. The third kappa shape index (κ3) is 5.25. The third-order valence-corrected chi connectivity index (χ3v) is 4.58. The average molecular weight is 246 g/mol. The van der Waals surface area contributed by atoms with Gasteiger partial charge in [-0.05, 0) is 36.2 Å². The van der Waals surface area contributed by atoms with E-state index in [2.05, 4.69) is 58.0 Å². The van der Waals surface area contributed by atoms with E-state index in [1.807, 2.05) is 0 Å². The van der Waals surface area contributed by atoms with E-state index < -0.39 is 0 Å². The van der Waals surface area contributed by atoms with Gasteiger partial charge in [0, 0.05) is 0 Å². The van der Waals surface area contributed by atoms with E-state index in [4.69, 9.17) is 0 Å². The SMILES string of the molecule is CCC(C)C(C)(C)CCCCCc1ccccc1. The van der Waals surface area contributed by atoms with Gasteiger partial charge in [0.05, 0.1) is 0 Å². The second-order valence-electron chi connectivity index (χ2n) is 6.34. The molecule has 0 heteroatoms. The Morgan fingerprint density at radius 3 is 2.28 bits per heavy atom. The Labute approximate surface area is 114 Å². The number of unbranched alkanes of at least 4 members (excludes halogenated alkanes) is 2. The van der Waals surface area contributed by atoms with Crippen LogP contribution in [0.25, 0.3) is 0 Å². The summed E-state index contributed by atoms with van der Waals surface area (Å²) in [4.78, 5) is 0. The maximum atomic E-state index is 2.43. The number of benzene rings is 1. The molecule has 0 fully saturated rings. The van der Waals surface area contributed by atoms with Crippen molar-refractivity contribution in [1.82, 2.24) is 0 Å². The van der Waals surface area contributed by atoms with Gasteiger partial charge in [-0.15, -0.1) is 0 Å². The first-order valence-corrected chi connectivity index (χ1v) is 7.60. The summed E-state index contributed by atoms with van der Waals surface area (Å²) in [5, 5.41) is 0. The molecule has 0 spiro atoms. The van der Waals surface area contributed by atoms with Gasteiger partial charge in [0.1, 0.15) is 0 Å². The highest BCUT2D eigenvalue weighted by Gasteiger charge is 2.23. The molecule has 1 rings (SSSR count). The Hall–Kier alpha value is -0.780. The van der Waals surface area contributed by atoms with Crippen LogP contribution in [0.3, 0.4) is 0 Å². The van der Waals surface area contributed by atoms with E-state index >= 15 is 0 Å². The molecule has 0 aliphatic carbocycles. The topological polar surface area (TPSA) is 0 Å². The van der Waals surface area contributed by atoms with Gasteiger partial charge >= 0.3 is 0 Å². The van der Waals surface area contributed by atoms with Gasteiger partial charge in [0.25, 0.3) is 0 Å². The van der Waals surface area contributed by atoms with Crippen molar-refractivity contribution in [3.63, 3.8) is 0 Å². The van der Waals surface area contributed by atoms with E-state index in [9.17, 15) is 0 Å². The lowest BCUT2D eigenvalue weighted by molar-refractivity contribution is 0.199. The predicted octanol–water partition coefficient (Wildman–Crippen LogP) is 5.86. The van der Waals surface area contributed by atoms with Gasteiger partial charge in [-0.2, -0.15) is 0 Å². The Morgan fingerprint density at radius 2 is 1.67 bits per heavy atom. The van der Waals surface area contributed by atoms with Crippen LogP contribution >= 0.6 is 0 Å². The fraction of sp³-hybridized carbons (Fsp3) is 0.667. The molecule has 1 unspecified atom stereocenters. The largest absolute Gasteiger partial charge is 0.0651 e. The standard InChI is InChI=1S/C18H30/c1-5-16(2)18(3,4)15-11-7-10-14-17-12-8-6-9-13-17/h6,8-9,12-13,16H,5,7,10-11,14-15H2,1-4H3. The van der Waals surface area contributed by atoms with Crippen molar-refractivity contribution in [3.8, 4) is 0 Å². The molecule has 0 N–H and O–H groups in total. The van der Waals surface area contributed by atoms with Crippen LogP contribution in [0.15, 0.2) is 30.3 Å². The minimum absolute atomic E-state index is 0.515. The van der Waals surface area contributed by atoms with Gasteiger partial charge in [-0.25, -0.2) is 0 Å². The molecule has 0 nitrogen and oxygen atoms in total. The number of hydrogen-bond acceptors (Lipinski definition) is 0. The molecule has 0 aliphatic heterocycles. The summed E-state index contributed by atoms with van der Waals surface area (Å²) in [7, 11) is 0. The zero-order valence-electron chi connectivity index (χ0n) is 12.7. The second kappa shape index (κ2) is 7.61. The van der Waals surface area contributed by atoms with Crippen LogP contribution < -0.4 is 0 Å². The minimum atomic E-state index is 0.515. The van der Waals surface area contributed by atoms with Crippen molar-refractivity contribution < 1.29 is 0 Å². The van der Waals surface area contributed by atoms with Crippen LogP contribution in [0.2, 0.25) is 0 Å². The normalized spacial score (nSPS) is 13.6. The number of rotatable bonds is 8. The Morgan fingerprint density at radius 1 is 1.00 bits per heavy atom. The predicted molar refractivity (Wildman–Crippen MR) is 81.9 cm³/mol. The maximum absolute atomic E-state index is 2.43. The van der Waals surface area contributed by atoms with Crippen molar-refractivity contribution in [2.75, 3.05) is 0 Å². The molecule has 102 valence electrons. The number of hydrogen-bond donors (Lipinski definition) is 0. The lowest BCUT2D eigenvalue weighted by Crippen LogP contribution is -2.20. The molecule has 18 heavy (non-hydrogen) atoms. The van der Waals surface area contributed by atoms with Crippen LogP contribution in [0.5, 0.6) is 0 Å².